The highest BCUT2D eigenvalue weighted by molar-refractivity contribution is 7.98. The summed E-state index contributed by atoms with van der Waals surface area (Å²) in [6, 6.07) is 10.8. The van der Waals surface area contributed by atoms with Crippen LogP contribution in [0.25, 0.3) is 0 Å². The third-order valence-corrected chi connectivity index (χ3v) is 3.33. The van der Waals surface area contributed by atoms with E-state index in [-0.39, 0.29) is 5.78 Å². The lowest BCUT2D eigenvalue weighted by Crippen LogP contribution is -2.05. The highest BCUT2D eigenvalue weighted by Crippen LogP contribution is 2.21. The van der Waals surface area contributed by atoms with Crippen molar-refractivity contribution in [1.29, 1.82) is 0 Å². The average molecular weight is 259 g/mol. The number of carbonyl (C=O) groups excluding carboxylic acids is 1. The molecule has 1 heterocycles. The minimum Gasteiger partial charge on any atom is -0.497 e. The Balaban J connectivity index is 2.35. The van der Waals surface area contributed by atoms with Crippen LogP contribution in [-0.2, 0) is 0 Å². The van der Waals surface area contributed by atoms with Gasteiger partial charge in [-0.25, -0.2) is 0 Å². The summed E-state index contributed by atoms with van der Waals surface area (Å²) < 4.78 is 5.07. The van der Waals surface area contributed by atoms with Crippen LogP contribution in [0.5, 0.6) is 5.75 Å². The van der Waals surface area contributed by atoms with Crippen molar-refractivity contribution in [2.45, 2.75) is 4.90 Å². The monoisotopic (exact) mass is 259 g/mol. The summed E-state index contributed by atoms with van der Waals surface area (Å²) in [5.41, 5.74) is 1.11. The summed E-state index contributed by atoms with van der Waals surface area (Å²) in [6.07, 6.45) is 3.57. The van der Waals surface area contributed by atoms with Crippen molar-refractivity contribution in [2.24, 2.45) is 0 Å². The van der Waals surface area contributed by atoms with Gasteiger partial charge in [0.2, 0.25) is 5.78 Å². The molecule has 4 heteroatoms. The smallest absolute Gasteiger partial charge is 0.212 e. The van der Waals surface area contributed by atoms with Crippen LogP contribution in [0, 0.1) is 0 Å². The largest absolute Gasteiger partial charge is 0.497 e. The second kappa shape index (κ2) is 5.69. The van der Waals surface area contributed by atoms with E-state index in [0.29, 0.717) is 11.3 Å². The number of thioether (sulfide) groups is 1. The predicted octanol–water partition coefficient (Wildman–Crippen LogP) is 3.04. The van der Waals surface area contributed by atoms with Crippen LogP contribution in [0.4, 0.5) is 0 Å². The summed E-state index contributed by atoms with van der Waals surface area (Å²) in [4.78, 5) is 17.4. The van der Waals surface area contributed by atoms with Gasteiger partial charge < -0.3 is 4.74 Å². The summed E-state index contributed by atoms with van der Waals surface area (Å²) in [5.74, 6) is 0.667. The van der Waals surface area contributed by atoms with Gasteiger partial charge in [-0.1, -0.05) is 0 Å². The van der Waals surface area contributed by atoms with Crippen LogP contribution in [-0.4, -0.2) is 24.1 Å². The molecular weight excluding hydrogens is 246 g/mol. The van der Waals surface area contributed by atoms with E-state index in [1.807, 2.05) is 18.4 Å². The predicted molar refractivity (Wildman–Crippen MR) is 72.4 cm³/mol. The van der Waals surface area contributed by atoms with E-state index < -0.39 is 0 Å². The van der Waals surface area contributed by atoms with Gasteiger partial charge in [0.05, 0.1) is 7.11 Å². The maximum atomic E-state index is 12.3. The molecule has 18 heavy (non-hydrogen) atoms. The highest BCUT2D eigenvalue weighted by atomic mass is 32.2. The van der Waals surface area contributed by atoms with Gasteiger partial charge in [0.25, 0.3) is 0 Å². The number of benzene rings is 1. The molecule has 0 spiro atoms. The molecule has 92 valence electrons. The van der Waals surface area contributed by atoms with Gasteiger partial charge in [-0.15, -0.1) is 11.8 Å². The topological polar surface area (TPSA) is 39.2 Å². The molecule has 0 aliphatic rings. The number of ketones is 1. The van der Waals surface area contributed by atoms with E-state index in [0.717, 1.165) is 10.6 Å². The number of carbonyl (C=O) groups is 1. The lowest BCUT2D eigenvalue weighted by atomic mass is 10.1. The molecule has 0 atom stereocenters. The molecule has 0 aliphatic heterocycles. The fraction of sp³-hybridized carbons (Fsp3) is 0.143. The Hall–Kier alpha value is -1.81. The number of rotatable bonds is 4. The molecule has 0 fully saturated rings. The molecule has 1 aromatic heterocycles. The molecule has 0 amide bonds. The van der Waals surface area contributed by atoms with Crippen molar-refractivity contribution in [3.05, 3.63) is 53.9 Å². The quantitative estimate of drug-likeness (QED) is 0.625. The third-order valence-electron chi connectivity index (χ3n) is 2.56. The second-order valence-corrected chi connectivity index (χ2v) is 4.46. The van der Waals surface area contributed by atoms with Crippen molar-refractivity contribution >= 4 is 17.5 Å². The Morgan fingerprint density at radius 2 is 1.94 bits per heavy atom. The van der Waals surface area contributed by atoms with Crippen LogP contribution in [0.15, 0.2) is 47.5 Å². The average Bonchev–Trinajstić information content (AvgIpc) is 2.46. The Kier molecular flexibility index (Phi) is 3.99. The molecule has 0 saturated heterocycles. The molecule has 1 aromatic carbocycles. The van der Waals surface area contributed by atoms with E-state index in [9.17, 15) is 4.79 Å². The maximum absolute atomic E-state index is 12.3. The number of nitrogens with zero attached hydrogens (tertiary/aromatic N) is 1. The van der Waals surface area contributed by atoms with Crippen LogP contribution < -0.4 is 4.74 Å². The minimum atomic E-state index is -0.0670. The fourth-order valence-electron chi connectivity index (χ4n) is 1.60. The van der Waals surface area contributed by atoms with Gasteiger partial charge in [-0.05, 0) is 42.7 Å². The van der Waals surface area contributed by atoms with E-state index in [1.54, 1.807) is 37.6 Å². The van der Waals surface area contributed by atoms with Crippen molar-refractivity contribution in [3.63, 3.8) is 0 Å². The number of aromatic nitrogens is 1. The van der Waals surface area contributed by atoms with Crippen LogP contribution in [0.1, 0.15) is 16.1 Å². The van der Waals surface area contributed by atoms with Crippen molar-refractivity contribution in [3.8, 4) is 5.75 Å². The number of methoxy groups -OCH3 is 1. The SMILES string of the molecule is COc1ccc(C(=O)c2ncccc2SC)cc1. The molecule has 2 aromatic rings. The summed E-state index contributed by atoms with van der Waals surface area (Å²) in [5, 5.41) is 0. The van der Waals surface area contributed by atoms with Crippen LogP contribution in [0.3, 0.4) is 0 Å². The van der Waals surface area contributed by atoms with E-state index in [4.69, 9.17) is 4.74 Å². The zero-order valence-electron chi connectivity index (χ0n) is 10.2. The normalized spacial score (nSPS) is 10.1. The lowest BCUT2D eigenvalue weighted by Gasteiger charge is -2.05. The zero-order valence-corrected chi connectivity index (χ0v) is 11.0. The molecule has 0 saturated carbocycles. The van der Waals surface area contributed by atoms with Gasteiger partial charge in [0.1, 0.15) is 11.4 Å². The standard InChI is InChI=1S/C14H13NO2S/c1-17-11-7-5-10(6-8-11)14(16)13-12(18-2)4-3-9-15-13/h3-9H,1-2H3. The lowest BCUT2D eigenvalue weighted by molar-refractivity contribution is 0.103. The fourth-order valence-corrected chi connectivity index (χ4v) is 2.16. The maximum Gasteiger partial charge on any atom is 0.212 e. The number of hydrogen-bond acceptors (Lipinski definition) is 4. The zero-order chi connectivity index (χ0) is 13.0. The first-order valence-electron chi connectivity index (χ1n) is 5.44. The Bertz CT molecular complexity index is 552. The van der Waals surface area contributed by atoms with Gasteiger partial charge in [-0.3, -0.25) is 9.78 Å². The van der Waals surface area contributed by atoms with E-state index >= 15 is 0 Å². The molecule has 2 rings (SSSR count). The minimum absolute atomic E-state index is 0.0670. The summed E-state index contributed by atoms with van der Waals surface area (Å²) in [7, 11) is 1.60. The molecule has 0 radical (unpaired) electrons. The Morgan fingerprint density at radius 1 is 1.22 bits per heavy atom. The molecular formula is C14H13NO2S. The summed E-state index contributed by atoms with van der Waals surface area (Å²) in [6.45, 7) is 0. The van der Waals surface area contributed by atoms with Crippen molar-refractivity contribution < 1.29 is 9.53 Å². The first kappa shape index (κ1) is 12.6. The molecule has 0 aliphatic carbocycles. The molecule has 3 nitrogen and oxygen atoms in total. The van der Waals surface area contributed by atoms with Crippen LogP contribution >= 0.6 is 11.8 Å². The van der Waals surface area contributed by atoms with Crippen molar-refractivity contribution in [2.75, 3.05) is 13.4 Å². The van der Waals surface area contributed by atoms with Crippen molar-refractivity contribution in [1.82, 2.24) is 4.98 Å². The van der Waals surface area contributed by atoms with Gasteiger partial charge in [0.15, 0.2) is 0 Å². The number of pyridine rings is 1. The van der Waals surface area contributed by atoms with Gasteiger partial charge in [0, 0.05) is 16.7 Å². The number of ether oxygens (including phenoxy) is 1. The molecule has 0 bridgehead atoms. The highest BCUT2D eigenvalue weighted by Gasteiger charge is 2.14. The Morgan fingerprint density at radius 3 is 2.56 bits per heavy atom. The molecule has 0 N–H and O–H groups in total. The second-order valence-electron chi connectivity index (χ2n) is 3.61. The molecule has 0 unspecified atom stereocenters. The van der Waals surface area contributed by atoms with Gasteiger partial charge >= 0.3 is 0 Å². The third kappa shape index (κ3) is 2.54. The van der Waals surface area contributed by atoms with E-state index in [1.165, 1.54) is 11.8 Å². The Labute approximate surface area is 110 Å². The van der Waals surface area contributed by atoms with E-state index in [2.05, 4.69) is 4.98 Å². The number of hydrogen-bond donors (Lipinski definition) is 0. The first-order valence-corrected chi connectivity index (χ1v) is 6.66. The first-order chi connectivity index (χ1) is 8.76. The summed E-state index contributed by atoms with van der Waals surface area (Å²) >= 11 is 1.52. The van der Waals surface area contributed by atoms with Crippen LogP contribution in [0.2, 0.25) is 0 Å². The van der Waals surface area contributed by atoms with Gasteiger partial charge in [-0.2, -0.15) is 0 Å².